The summed E-state index contributed by atoms with van der Waals surface area (Å²) in [6.45, 7) is 4.87. The van der Waals surface area contributed by atoms with E-state index in [1.807, 2.05) is 0 Å². The Morgan fingerprint density at radius 3 is 2.27 bits per heavy atom. The Bertz CT molecular complexity index is 880. The van der Waals surface area contributed by atoms with Gasteiger partial charge in [0.15, 0.2) is 17.6 Å². The molecule has 2 rings (SSSR count). The van der Waals surface area contributed by atoms with E-state index in [0.29, 0.717) is 28.0 Å². The second-order valence-electron chi connectivity index (χ2n) is 5.27. The van der Waals surface area contributed by atoms with Crippen molar-refractivity contribution in [2.45, 2.75) is 13.0 Å². The van der Waals surface area contributed by atoms with Crippen molar-refractivity contribution < 1.29 is 28.5 Å². The molecular weight excluding hydrogens is 362 g/mol. The molecule has 1 heterocycles. The summed E-state index contributed by atoms with van der Waals surface area (Å²) in [5.41, 5.74) is 0.768. The normalized spacial score (nSPS) is 11.6. The lowest BCUT2D eigenvalue weighted by Crippen LogP contribution is -2.18. The van der Waals surface area contributed by atoms with Gasteiger partial charge in [-0.25, -0.2) is 9.78 Å². The maximum atomic E-state index is 11.9. The van der Waals surface area contributed by atoms with Crippen molar-refractivity contribution >= 4 is 34.4 Å². The van der Waals surface area contributed by atoms with Crippen LogP contribution in [-0.4, -0.2) is 38.3 Å². The number of rotatable bonds is 6. The lowest BCUT2D eigenvalue weighted by atomic mass is 10.0. The van der Waals surface area contributed by atoms with E-state index >= 15 is 0 Å². The first-order valence-electron chi connectivity index (χ1n) is 7.48. The summed E-state index contributed by atoms with van der Waals surface area (Å²) in [7, 11) is 4.22. The molecule has 0 aliphatic carbocycles. The first-order chi connectivity index (χ1) is 12.3. The van der Waals surface area contributed by atoms with Crippen LogP contribution < -0.4 is 9.47 Å². The van der Waals surface area contributed by atoms with Crippen LogP contribution in [0.25, 0.3) is 10.9 Å². The Morgan fingerprint density at radius 2 is 1.73 bits per heavy atom. The molecule has 0 aliphatic rings. The molecule has 0 N–H and O–H groups in total. The summed E-state index contributed by atoms with van der Waals surface area (Å²) in [4.78, 5) is 27.6. The molecule has 1 atom stereocenters. The van der Waals surface area contributed by atoms with Gasteiger partial charge < -0.3 is 18.9 Å². The van der Waals surface area contributed by atoms with Gasteiger partial charge in [-0.1, -0.05) is 18.2 Å². The van der Waals surface area contributed by atoms with Gasteiger partial charge in [-0.2, -0.15) is 0 Å². The Morgan fingerprint density at radius 1 is 1.12 bits per heavy atom. The molecule has 1 aromatic heterocycles. The molecule has 2 aromatic rings. The van der Waals surface area contributed by atoms with Crippen LogP contribution >= 0.6 is 11.6 Å². The van der Waals surface area contributed by atoms with Gasteiger partial charge >= 0.3 is 11.9 Å². The van der Waals surface area contributed by atoms with Crippen molar-refractivity contribution in [3.8, 4) is 11.5 Å². The van der Waals surface area contributed by atoms with Gasteiger partial charge in [-0.15, -0.1) is 0 Å². The predicted molar refractivity (Wildman–Crippen MR) is 95.5 cm³/mol. The largest absolute Gasteiger partial charge is 0.493 e. The summed E-state index contributed by atoms with van der Waals surface area (Å²) in [6.07, 6.45) is -1.13. The highest BCUT2D eigenvalue weighted by Crippen LogP contribution is 2.36. The fourth-order valence-electron chi connectivity index (χ4n) is 2.40. The van der Waals surface area contributed by atoms with Crippen LogP contribution in [0.15, 0.2) is 30.4 Å². The average molecular weight is 380 g/mol. The quantitative estimate of drug-likeness (QED) is 0.432. The van der Waals surface area contributed by atoms with Crippen LogP contribution in [0.4, 0.5) is 0 Å². The van der Waals surface area contributed by atoms with Gasteiger partial charge in [0.1, 0.15) is 5.15 Å². The fourth-order valence-corrected chi connectivity index (χ4v) is 2.65. The number of pyridine rings is 1. The monoisotopic (exact) mass is 379 g/mol. The van der Waals surface area contributed by atoms with Crippen LogP contribution in [0.2, 0.25) is 5.15 Å². The highest BCUT2D eigenvalue weighted by molar-refractivity contribution is 6.30. The lowest BCUT2D eigenvalue weighted by Gasteiger charge is -2.20. The molecule has 26 heavy (non-hydrogen) atoms. The zero-order valence-corrected chi connectivity index (χ0v) is 15.5. The van der Waals surface area contributed by atoms with Crippen LogP contribution in [0.5, 0.6) is 11.5 Å². The first-order valence-corrected chi connectivity index (χ1v) is 7.86. The highest BCUT2D eigenvalue weighted by atomic mass is 35.5. The standard InChI is InChI=1S/C18H18ClNO6/c1-9(18(22)25-5)16(26-10(2)21)12-6-11-7-14(23-3)15(24-4)8-13(11)20-17(12)19/h6-8,16H,1H2,2-5H3. The highest BCUT2D eigenvalue weighted by Gasteiger charge is 2.28. The Balaban J connectivity index is 2.64. The summed E-state index contributed by atoms with van der Waals surface area (Å²) in [5, 5.41) is 0.706. The molecule has 1 unspecified atom stereocenters. The third-order valence-electron chi connectivity index (χ3n) is 3.63. The summed E-state index contributed by atoms with van der Waals surface area (Å²) in [6, 6.07) is 5.01. The van der Waals surface area contributed by atoms with E-state index in [1.165, 1.54) is 28.3 Å². The van der Waals surface area contributed by atoms with Gasteiger partial charge in [0.2, 0.25) is 0 Å². The van der Waals surface area contributed by atoms with Gasteiger partial charge in [-0.3, -0.25) is 4.79 Å². The summed E-state index contributed by atoms with van der Waals surface area (Å²) in [5.74, 6) is -0.346. The average Bonchev–Trinajstić information content (AvgIpc) is 2.63. The molecule has 138 valence electrons. The minimum absolute atomic E-state index is 0.0565. The van der Waals surface area contributed by atoms with Gasteiger partial charge in [0, 0.05) is 23.9 Å². The van der Waals surface area contributed by atoms with E-state index in [0.717, 1.165) is 0 Å². The lowest BCUT2D eigenvalue weighted by molar-refractivity contribution is -0.147. The minimum Gasteiger partial charge on any atom is -0.493 e. The van der Waals surface area contributed by atoms with Crippen LogP contribution in [0, 0.1) is 0 Å². The molecule has 0 radical (unpaired) electrons. The van der Waals surface area contributed by atoms with Crippen molar-refractivity contribution in [3.63, 3.8) is 0 Å². The van der Waals surface area contributed by atoms with E-state index in [2.05, 4.69) is 16.3 Å². The third-order valence-corrected chi connectivity index (χ3v) is 3.93. The molecule has 7 nitrogen and oxygen atoms in total. The molecule has 8 heteroatoms. The van der Waals surface area contributed by atoms with Crippen molar-refractivity contribution in [2.24, 2.45) is 0 Å². The van der Waals surface area contributed by atoms with Crippen LogP contribution in [0.1, 0.15) is 18.6 Å². The number of benzene rings is 1. The maximum Gasteiger partial charge on any atom is 0.337 e. The van der Waals surface area contributed by atoms with E-state index in [4.69, 9.17) is 25.8 Å². The van der Waals surface area contributed by atoms with E-state index < -0.39 is 18.0 Å². The SMILES string of the molecule is C=C(C(=O)OC)C(OC(C)=O)c1cc2cc(OC)c(OC)cc2nc1Cl. The number of hydrogen-bond donors (Lipinski definition) is 0. The summed E-state index contributed by atoms with van der Waals surface area (Å²) >= 11 is 6.27. The molecule has 0 amide bonds. The van der Waals surface area contributed by atoms with Crippen molar-refractivity contribution in [3.05, 3.63) is 41.1 Å². The number of fused-ring (bicyclic) bond motifs is 1. The van der Waals surface area contributed by atoms with Crippen LogP contribution in [0.3, 0.4) is 0 Å². The topological polar surface area (TPSA) is 84.0 Å². The number of carbonyl (C=O) groups is 2. The minimum atomic E-state index is -1.13. The second-order valence-corrected chi connectivity index (χ2v) is 5.63. The van der Waals surface area contributed by atoms with Gasteiger partial charge in [0.05, 0.1) is 32.4 Å². The maximum absolute atomic E-state index is 11.9. The third kappa shape index (κ3) is 3.88. The number of aromatic nitrogens is 1. The number of halogens is 1. The zero-order valence-electron chi connectivity index (χ0n) is 14.8. The Kier molecular flexibility index (Phi) is 6.05. The molecule has 0 spiro atoms. The number of carbonyl (C=O) groups excluding carboxylic acids is 2. The van der Waals surface area contributed by atoms with Crippen LogP contribution in [-0.2, 0) is 19.1 Å². The van der Waals surface area contributed by atoms with Gasteiger partial charge in [-0.05, 0) is 12.1 Å². The first kappa shape index (κ1) is 19.5. The van der Waals surface area contributed by atoms with E-state index in [1.54, 1.807) is 18.2 Å². The molecule has 0 bridgehead atoms. The number of ether oxygens (including phenoxy) is 4. The zero-order chi connectivity index (χ0) is 19.4. The number of hydrogen-bond acceptors (Lipinski definition) is 7. The van der Waals surface area contributed by atoms with Crippen molar-refractivity contribution in [1.82, 2.24) is 4.98 Å². The van der Waals surface area contributed by atoms with Gasteiger partial charge in [0.25, 0.3) is 0 Å². The number of methoxy groups -OCH3 is 3. The molecule has 0 aliphatic heterocycles. The molecule has 0 saturated carbocycles. The predicted octanol–water partition coefficient (Wildman–Crippen LogP) is 3.24. The molecule has 0 saturated heterocycles. The van der Waals surface area contributed by atoms with Crippen molar-refractivity contribution in [1.29, 1.82) is 0 Å². The second kappa shape index (κ2) is 8.05. The fraction of sp³-hybridized carbons (Fsp3) is 0.278. The molecule has 0 fully saturated rings. The Hall–Kier alpha value is -2.80. The molecular formula is C18H18ClNO6. The number of esters is 2. The Labute approximate surface area is 155 Å². The number of nitrogens with zero attached hydrogens (tertiary/aromatic N) is 1. The smallest absolute Gasteiger partial charge is 0.337 e. The van der Waals surface area contributed by atoms with E-state index in [9.17, 15) is 9.59 Å². The molecule has 1 aromatic carbocycles. The summed E-state index contributed by atoms with van der Waals surface area (Å²) < 4.78 is 20.4. The van der Waals surface area contributed by atoms with E-state index in [-0.39, 0.29) is 10.7 Å². The van der Waals surface area contributed by atoms with Crippen molar-refractivity contribution in [2.75, 3.05) is 21.3 Å².